The molecule has 110 valence electrons. The third kappa shape index (κ3) is 2.84. The van der Waals surface area contributed by atoms with Gasteiger partial charge in [0.15, 0.2) is 16.6 Å². The van der Waals surface area contributed by atoms with Crippen molar-refractivity contribution in [2.45, 2.75) is 6.92 Å². The minimum absolute atomic E-state index is 0.0119. The fourth-order valence-electron chi connectivity index (χ4n) is 2.05. The average molecular weight is 306 g/mol. The van der Waals surface area contributed by atoms with E-state index in [4.69, 9.17) is 14.2 Å². The number of fused-ring (bicyclic) bond motifs is 1. The quantitative estimate of drug-likeness (QED) is 0.939. The van der Waals surface area contributed by atoms with E-state index in [1.165, 1.54) is 18.4 Å². The highest BCUT2D eigenvalue weighted by molar-refractivity contribution is 7.16. The number of thiazole rings is 1. The Morgan fingerprint density at radius 1 is 1.43 bits per heavy atom. The lowest BCUT2D eigenvalue weighted by atomic mass is 10.1. The van der Waals surface area contributed by atoms with Crippen LogP contribution >= 0.6 is 11.3 Å². The number of nitrogens with one attached hydrogen (secondary N) is 1. The number of nitrogens with zero attached hydrogens (tertiary/aromatic N) is 1. The maximum atomic E-state index is 11.5. The molecule has 3 rings (SSSR count). The molecular formula is C14H14N2O4S. The Bertz CT molecular complexity index is 684. The van der Waals surface area contributed by atoms with Crippen LogP contribution in [0.15, 0.2) is 18.2 Å². The number of rotatable bonds is 4. The van der Waals surface area contributed by atoms with Crippen LogP contribution in [0.4, 0.5) is 5.13 Å². The van der Waals surface area contributed by atoms with E-state index in [0.717, 1.165) is 21.9 Å². The first-order valence-electron chi connectivity index (χ1n) is 6.33. The van der Waals surface area contributed by atoms with Crippen LogP contribution in [-0.4, -0.2) is 31.4 Å². The summed E-state index contributed by atoms with van der Waals surface area (Å²) in [4.78, 5) is 17.0. The number of amides is 1. The Balaban J connectivity index is 1.85. The summed E-state index contributed by atoms with van der Waals surface area (Å²) < 4.78 is 15.4. The molecule has 1 aromatic heterocycles. The molecule has 1 N–H and O–H groups in total. The van der Waals surface area contributed by atoms with Gasteiger partial charge in [-0.05, 0) is 25.1 Å². The van der Waals surface area contributed by atoms with Crippen LogP contribution in [0.2, 0.25) is 0 Å². The predicted octanol–water partition coefficient (Wildman–Crippen LogP) is 2.43. The fraction of sp³-hybridized carbons (Fsp3) is 0.286. The minimum Gasteiger partial charge on any atom is -0.454 e. The molecule has 1 aromatic carbocycles. The van der Waals surface area contributed by atoms with Gasteiger partial charge in [0.25, 0.3) is 5.91 Å². The molecule has 1 aliphatic heterocycles. The monoisotopic (exact) mass is 306 g/mol. The summed E-state index contributed by atoms with van der Waals surface area (Å²) >= 11 is 1.43. The summed E-state index contributed by atoms with van der Waals surface area (Å²) in [5.41, 5.74) is 1.76. The summed E-state index contributed by atoms with van der Waals surface area (Å²) in [6.45, 7) is 2.22. The number of benzene rings is 1. The number of hydrogen-bond donors (Lipinski definition) is 1. The lowest BCUT2D eigenvalue weighted by Gasteiger charge is -2.01. The van der Waals surface area contributed by atoms with Crippen LogP contribution in [-0.2, 0) is 9.53 Å². The number of ether oxygens (including phenoxy) is 3. The second-order valence-electron chi connectivity index (χ2n) is 4.47. The highest BCUT2D eigenvalue weighted by Gasteiger charge is 2.17. The normalized spacial score (nSPS) is 12.5. The van der Waals surface area contributed by atoms with Crippen LogP contribution in [0, 0.1) is 6.92 Å². The topological polar surface area (TPSA) is 69.7 Å². The summed E-state index contributed by atoms with van der Waals surface area (Å²) in [5, 5.41) is 3.27. The highest BCUT2D eigenvalue weighted by atomic mass is 32.1. The molecule has 2 heterocycles. The number of aromatic nitrogens is 1. The summed E-state index contributed by atoms with van der Waals surface area (Å²) in [5.74, 6) is 1.23. The summed E-state index contributed by atoms with van der Waals surface area (Å²) in [6, 6.07) is 5.68. The van der Waals surface area contributed by atoms with E-state index < -0.39 is 0 Å². The first kappa shape index (κ1) is 13.8. The van der Waals surface area contributed by atoms with E-state index in [2.05, 4.69) is 10.3 Å². The van der Waals surface area contributed by atoms with Crippen molar-refractivity contribution in [1.82, 2.24) is 4.98 Å². The standard InChI is InChI=1S/C14H14N2O4S/c1-8-13(16-14(21-8)15-12(17)6-18-2)9-3-4-10-11(5-9)20-7-19-10/h3-5H,6-7H2,1-2H3,(H,15,16,17). The van der Waals surface area contributed by atoms with Gasteiger partial charge in [-0.2, -0.15) is 0 Å². The van der Waals surface area contributed by atoms with Gasteiger partial charge in [0.2, 0.25) is 6.79 Å². The molecule has 0 saturated heterocycles. The molecule has 0 fully saturated rings. The number of hydrogen-bond acceptors (Lipinski definition) is 6. The fourth-order valence-corrected chi connectivity index (χ4v) is 2.90. The Morgan fingerprint density at radius 3 is 3.05 bits per heavy atom. The van der Waals surface area contributed by atoms with Gasteiger partial charge in [-0.25, -0.2) is 4.98 Å². The molecule has 21 heavy (non-hydrogen) atoms. The zero-order valence-corrected chi connectivity index (χ0v) is 12.5. The minimum atomic E-state index is -0.219. The maximum absolute atomic E-state index is 11.5. The third-order valence-electron chi connectivity index (χ3n) is 2.96. The second kappa shape index (κ2) is 5.71. The van der Waals surface area contributed by atoms with Gasteiger partial charge in [0.1, 0.15) is 6.61 Å². The molecule has 0 aliphatic carbocycles. The first-order valence-corrected chi connectivity index (χ1v) is 7.15. The van der Waals surface area contributed by atoms with E-state index in [9.17, 15) is 4.79 Å². The molecule has 0 spiro atoms. The highest BCUT2D eigenvalue weighted by Crippen LogP contribution is 2.38. The average Bonchev–Trinajstić information content (AvgIpc) is 3.04. The molecule has 7 heteroatoms. The van der Waals surface area contributed by atoms with Crippen LogP contribution in [0.1, 0.15) is 4.88 Å². The Morgan fingerprint density at radius 2 is 2.24 bits per heavy atom. The van der Waals surface area contributed by atoms with E-state index in [1.54, 1.807) is 0 Å². The Hall–Kier alpha value is -2.12. The van der Waals surface area contributed by atoms with Gasteiger partial charge in [-0.1, -0.05) is 0 Å². The maximum Gasteiger partial charge on any atom is 0.252 e. The van der Waals surface area contributed by atoms with Crippen LogP contribution in [0.5, 0.6) is 11.5 Å². The van der Waals surface area contributed by atoms with Gasteiger partial charge < -0.3 is 14.2 Å². The van der Waals surface area contributed by atoms with Crippen molar-refractivity contribution in [2.75, 3.05) is 25.8 Å². The van der Waals surface area contributed by atoms with Crippen molar-refractivity contribution in [2.24, 2.45) is 0 Å². The van der Waals surface area contributed by atoms with Crippen molar-refractivity contribution < 1.29 is 19.0 Å². The van der Waals surface area contributed by atoms with Crippen LogP contribution < -0.4 is 14.8 Å². The largest absolute Gasteiger partial charge is 0.454 e. The first-order chi connectivity index (χ1) is 10.2. The zero-order chi connectivity index (χ0) is 14.8. The van der Waals surface area contributed by atoms with Crippen molar-refractivity contribution in [3.05, 3.63) is 23.1 Å². The molecule has 0 radical (unpaired) electrons. The lowest BCUT2D eigenvalue weighted by Crippen LogP contribution is -2.16. The number of carbonyl (C=O) groups excluding carboxylic acids is 1. The second-order valence-corrected chi connectivity index (χ2v) is 5.68. The van der Waals surface area contributed by atoms with E-state index in [1.807, 2.05) is 25.1 Å². The summed E-state index contributed by atoms with van der Waals surface area (Å²) in [6.07, 6.45) is 0. The van der Waals surface area contributed by atoms with E-state index in [-0.39, 0.29) is 19.3 Å². The van der Waals surface area contributed by atoms with Crippen LogP contribution in [0.25, 0.3) is 11.3 Å². The molecule has 6 nitrogen and oxygen atoms in total. The van der Waals surface area contributed by atoms with E-state index in [0.29, 0.717) is 10.9 Å². The van der Waals surface area contributed by atoms with Crippen molar-refractivity contribution >= 4 is 22.4 Å². The number of aryl methyl sites for hydroxylation is 1. The van der Waals surface area contributed by atoms with Gasteiger partial charge in [0.05, 0.1) is 5.69 Å². The summed E-state index contributed by atoms with van der Waals surface area (Å²) in [7, 11) is 1.48. The SMILES string of the molecule is COCC(=O)Nc1nc(-c2ccc3c(c2)OCO3)c(C)s1. The molecule has 0 saturated carbocycles. The van der Waals surface area contributed by atoms with Crippen molar-refractivity contribution in [1.29, 1.82) is 0 Å². The lowest BCUT2D eigenvalue weighted by molar-refractivity contribution is -0.119. The molecule has 2 aromatic rings. The molecule has 0 unspecified atom stereocenters. The molecule has 0 bridgehead atoms. The van der Waals surface area contributed by atoms with Crippen LogP contribution in [0.3, 0.4) is 0 Å². The van der Waals surface area contributed by atoms with Crippen molar-refractivity contribution in [3.8, 4) is 22.8 Å². The van der Waals surface area contributed by atoms with Gasteiger partial charge in [-0.15, -0.1) is 11.3 Å². The molecule has 1 aliphatic rings. The van der Waals surface area contributed by atoms with Gasteiger partial charge in [0, 0.05) is 17.6 Å². The Kier molecular flexibility index (Phi) is 3.76. The zero-order valence-electron chi connectivity index (χ0n) is 11.6. The van der Waals surface area contributed by atoms with Gasteiger partial charge in [-0.3, -0.25) is 10.1 Å². The number of carbonyl (C=O) groups is 1. The van der Waals surface area contributed by atoms with E-state index >= 15 is 0 Å². The smallest absolute Gasteiger partial charge is 0.252 e. The predicted molar refractivity (Wildman–Crippen MR) is 78.9 cm³/mol. The third-order valence-corrected chi connectivity index (χ3v) is 3.85. The van der Waals surface area contributed by atoms with Crippen molar-refractivity contribution in [3.63, 3.8) is 0 Å². The van der Waals surface area contributed by atoms with Gasteiger partial charge >= 0.3 is 0 Å². The Labute approximate surface area is 125 Å². The molecule has 0 atom stereocenters. The number of anilines is 1. The number of methoxy groups -OCH3 is 1. The molecular weight excluding hydrogens is 292 g/mol. The molecule has 1 amide bonds.